The minimum atomic E-state index is -0.505. The molecule has 1 N–H and O–H groups in total. The molecule has 2 aromatic carbocycles. The maximum Gasteiger partial charge on any atom is 0.263 e. The van der Waals surface area contributed by atoms with E-state index in [1.165, 1.54) is 22.8 Å². The van der Waals surface area contributed by atoms with Crippen LogP contribution in [-0.2, 0) is 13.1 Å². The van der Waals surface area contributed by atoms with Crippen LogP contribution in [0.4, 0.5) is 4.39 Å². The quantitative estimate of drug-likeness (QED) is 0.506. The molecular weight excluding hydrogens is 426 g/mol. The zero-order chi connectivity index (χ0) is 21.7. The summed E-state index contributed by atoms with van der Waals surface area (Å²) in [5, 5.41) is 3.70. The number of rotatable bonds is 7. The molecule has 0 saturated carbocycles. The summed E-state index contributed by atoms with van der Waals surface area (Å²) in [5.74, 6) is -0.857. The molecule has 0 radical (unpaired) electrons. The molecule has 7 heteroatoms. The molecule has 1 heterocycles. The number of hydrogen-bond donors (Lipinski definition) is 1. The second kappa shape index (κ2) is 9.92. The highest BCUT2D eigenvalue weighted by Gasteiger charge is 2.16. The van der Waals surface area contributed by atoms with Crippen LogP contribution in [0.2, 0.25) is 10.0 Å². The third-order valence-corrected chi connectivity index (χ3v) is 5.25. The fraction of sp³-hybridized carbons (Fsp3) is 0.217. The van der Waals surface area contributed by atoms with Crippen LogP contribution < -0.4 is 10.9 Å². The lowest BCUT2D eigenvalue weighted by Crippen LogP contribution is -2.33. The molecule has 0 bridgehead atoms. The molecule has 4 nitrogen and oxygen atoms in total. The predicted octanol–water partition coefficient (Wildman–Crippen LogP) is 5.69. The normalized spacial score (nSPS) is 10.8. The van der Waals surface area contributed by atoms with Crippen molar-refractivity contribution in [2.24, 2.45) is 0 Å². The summed E-state index contributed by atoms with van der Waals surface area (Å²) in [4.78, 5) is 25.7. The van der Waals surface area contributed by atoms with Crippen molar-refractivity contribution in [1.82, 2.24) is 9.88 Å². The van der Waals surface area contributed by atoms with Crippen LogP contribution in [0, 0.1) is 5.82 Å². The Labute approximate surface area is 184 Å². The van der Waals surface area contributed by atoms with Crippen LogP contribution in [0.5, 0.6) is 0 Å². The molecule has 0 fully saturated rings. The van der Waals surface area contributed by atoms with Gasteiger partial charge in [0.2, 0.25) is 0 Å². The molecule has 0 atom stereocenters. The molecule has 3 aromatic rings. The number of amides is 1. The highest BCUT2D eigenvalue weighted by atomic mass is 35.5. The summed E-state index contributed by atoms with van der Waals surface area (Å²) < 4.78 is 14.6. The number of aromatic nitrogens is 1. The molecule has 1 aromatic heterocycles. The molecule has 0 aliphatic carbocycles. The smallest absolute Gasteiger partial charge is 0.263 e. The summed E-state index contributed by atoms with van der Waals surface area (Å²) >= 11 is 12.5. The van der Waals surface area contributed by atoms with Crippen molar-refractivity contribution in [3.05, 3.63) is 92.1 Å². The second-order valence-electron chi connectivity index (χ2n) is 6.93. The largest absolute Gasteiger partial charge is 0.348 e. The van der Waals surface area contributed by atoms with E-state index in [4.69, 9.17) is 23.2 Å². The van der Waals surface area contributed by atoms with Gasteiger partial charge in [-0.1, -0.05) is 48.7 Å². The molecule has 1 amide bonds. The minimum Gasteiger partial charge on any atom is -0.348 e. The highest BCUT2D eigenvalue weighted by Crippen LogP contribution is 2.30. The van der Waals surface area contributed by atoms with E-state index in [0.29, 0.717) is 27.7 Å². The highest BCUT2D eigenvalue weighted by molar-refractivity contribution is 6.35. The number of pyridine rings is 1. The molecule has 0 saturated heterocycles. The first-order valence-electron chi connectivity index (χ1n) is 9.61. The van der Waals surface area contributed by atoms with Gasteiger partial charge in [0.1, 0.15) is 11.4 Å². The van der Waals surface area contributed by atoms with Gasteiger partial charge in [-0.25, -0.2) is 4.39 Å². The number of carbonyl (C=O) groups excluding carboxylic acids is 1. The minimum absolute atomic E-state index is 0.0155. The van der Waals surface area contributed by atoms with Gasteiger partial charge in [0.05, 0.1) is 0 Å². The first kappa shape index (κ1) is 22.1. The Hall–Kier alpha value is -2.63. The van der Waals surface area contributed by atoms with E-state index in [1.807, 2.05) is 6.92 Å². The average molecular weight is 447 g/mol. The lowest BCUT2D eigenvalue weighted by molar-refractivity contribution is 0.0949. The van der Waals surface area contributed by atoms with Crippen molar-refractivity contribution in [3.63, 3.8) is 0 Å². The van der Waals surface area contributed by atoms with Crippen molar-refractivity contribution < 1.29 is 9.18 Å². The molecule has 0 spiro atoms. The molecule has 156 valence electrons. The lowest BCUT2D eigenvalue weighted by atomic mass is 10.0. The van der Waals surface area contributed by atoms with Gasteiger partial charge in [0.15, 0.2) is 0 Å². The second-order valence-corrected chi connectivity index (χ2v) is 7.77. The van der Waals surface area contributed by atoms with Crippen LogP contribution in [0.1, 0.15) is 35.7 Å². The Balaban J connectivity index is 1.97. The van der Waals surface area contributed by atoms with Gasteiger partial charge in [0.25, 0.3) is 11.5 Å². The Bertz CT molecular complexity index is 1110. The van der Waals surface area contributed by atoms with Crippen molar-refractivity contribution in [2.45, 2.75) is 32.9 Å². The zero-order valence-corrected chi connectivity index (χ0v) is 17.9. The fourth-order valence-electron chi connectivity index (χ4n) is 3.04. The number of benzene rings is 2. The van der Waals surface area contributed by atoms with Crippen molar-refractivity contribution in [2.75, 3.05) is 0 Å². The van der Waals surface area contributed by atoms with Gasteiger partial charge in [0, 0.05) is 40.5 Å². The summed E-state index contributed by atoms with van der Waals surface area (Å²) in [6, 6.07) is 12.4. The van der Waals surface area contributed by atoms with Crippen molar-refractivity contribution in [3.8, 4) is 11.1 Å². The van der Waals surface area contributed by atoms with Crippen molar-refractivity contribution in [1.29, 1.82) is 0 Å². The number of halogens is 3. The Morgan fingerprint density at radius 1 is 1.10 bits per heavy atom. The van der Waals surface area contributed by atoms with Gasteiger partial charge in [-0.2, -0.15) is 0 Å². The first-order chi connectivity index (χ1) is 14.4. The molecule has 30 heavy (non-hydrogen) atoms. The molecule has 0 aliphatic rings. The third kappa shape index (κ3) is 5.29. The number of nitrogens with one attached hydrogen (secondary N) is 1. The maximum atomic E-state index is 13.1. The number of unbranched alkanes of at least 4 members (excludes halogenated alkanes) is 1. The SMILES string of the molecule is CCCCn1cc(-c2cc(Cl)ccc2Cl)cc(C(=O)NCc2ccc(F)cc2)c1=O. The summed E-state index contributed by atoms with van der Waals surface area (Å²) in [6.07, 6.45) is 3.40. The Morgan fingerprint density at radius 3 is 2.53 bits per heavy atom. The Kier molecular flexibility index (Phi) is 7.29. The van der Waals surface area contributed by atoms with Gasteiger partial charge in [-0.3, -0.25) is 9.59 Å². The average Bonchev–Trinajstić information content (AvgIpc) is 2.74. The lowest BCUT2D eigenvalue weighted by Gasteiger charge is -2.13. The number of nitrogens with zero attached hydrogens (tertiary/aromatic N) is 1. The van der Waals surface area contributed by atoms with E-state index in [2.05, 4.69) is 5.32 Å². The fourth-order valence-corrected chi connectivity index (χ4v) is 3.44. The van der Waals surface area contributed by atoms with Crippen LogP contribution >= 0.6 is 23.2 Å². The van der Waals surface area contributed by atoms with Gasteiger partial charge >= 0.3 is 0 Å². The number of hydrogen-bond acceptors (Lipinski definition) is 2. The zero-order valence-electron chi connectivity index (χ0n) is 16.4. The molecule has 3 rings (SSSR count). The van der Waals surface area contributed by atoms with E-state index in [1.54, 1.807) is 36.5 Å². The third-order valence-electron chi connectivity index (χ3n) is 4.69. The standard InChI is InChI=1S/C23H21Cl2FN2O2/c1-2-3-10-28-14-16(19-12-17(24)6-9-21(19)25)11-20(23(28)30)22(29)27-13-15-4-7-18(26)8-5-15/h4-9,11-12,14H,2-3,10,13H2,1H3,(H,27,29). The topological polar surface area (TPSA) is 51.1 Å². The molecule has 0 aliphatic heterocycles. The van der Waals surface area contributed by atoms with Crippen LogP contribution in [0.3, 0.4) is 0 Å². The van der Waals surface area contributed by atoms with Crippen LogP contribution in [0.25, 0.3) is 11.1 Å². The van der Waals surface area contributed by atoms with E-state index in [9.17, 15) is 14.0 Å². The molecule has 0 unspecified atom stereocenters. The number of carbonyl (C=O) groups is 1. The van der Waals surface area contributed by atoms with Crippen LogP contribution in [0.15, 0.2) is 59.5 Å². The number of aryl methyl sites for hydroxylation is 1. The van der Waals surface area contributed by atoms with E-state index in [0.717, 1.165) is 18.4 Å². The Morgan fingerprint density at radius 2 is 1.83 bits per heavy atom. The van der Waals surface area contributed by atoms with E-state index in [-0.39, 0.29) is 23.5 Å². The summed E-state index contributed by atoms with van der Waals surface area (Å²) in [6.45, 7) is 2.69. The summed E-state index contributed by atoms with van der Waals surface area (Å²) in [7, 11) is 0. The van der Waals surface area contributed by atoms with Crippen LogP contribution in [-0.4, -0.2) is 10.5 Å². The predicted molar refractivity (Wildman–Crippen MR) is 119 cm³/mol. The van der Waals surface area contributed by atoms with Crippen molar-refractivity contribution >= 4 is 29.1 Å². The monoisotopic (exact) mass is 446 g/mol. The van der Waals surface area contributed by atoms with Gasteiger partial charge < -0.3 is 9.88 Å². The van der Waals surface area contributed by atoms with Gasteiger partial charge in [-0.15, -0.1) is 0 Å². The maximum absolute atomic E-state index is 13.1. The first-order valence-corrected chi connectivity index (χ1v) is 10.4. The van der Waals surface area contributed by atoms with E-state index >= 15 is 0 Å². The summed E-state index contributed by atoms with van der Waals surface area (Å²) in [5.41, 5.74) is 1.64. The van der Waals surface area contributed by atoms with Gasteiger partial charge in [-0.05, 0) is 48.4 Å². The van der Waals surface area contributed by atoms with E-state index < -0.39 is 5.91 Å². The molecular formula is C23H21Cl2FN2O2.